The molecule has 6 heteroatoms. The summed E-state index contributed by atoms with van der Waals surface area (Å²) in [6.07, 6.45) is 20.3. The molecule has 0 aliphatic heterocycles. The molecule has 0 saturated heterocycles. The summed E-state index contributed by atoms with van der Waals surface area (Å²) >= 11 is 0. The summed E-state index contributed by atoms with van der Waals surface area (Å²) in [5, 5.41) is 16.8. The van der Waals surface area contributed by atoms with Crippen LogP contribution in [0.15, 0.2) is 101 Å². The zero-order valence-electron chi connectivity index (χ0n) is 18.1. The second-order valence-corrected chi connectivity index (χ2v) is 7.66. The van der Waals surface area contributed by atoms with Crippen LogP contribution >= 0.6 is 0 Å². The van der Waals surface area contributed by atoms with Crippen LogP contribution in [0.3, 0.4) is 0 Å². The highest BCUT2D eigenvalue weighted by Crippen LogP contribution is 2.32. The minimum atomic E-state index is -0.164. The van der Waals surface area contributed by atoms with Crippen molar-refractivity contribution in [3.05, 3.63) is 119 Å². The number of aryl methyl sites for hydroxylation is 1. The number of aliphatic hydroxyl groups excluding tert-OH is 1. The van der Waals surface area contributed by atoms with Gasteiger partial charge in [-0.2, -0.15) is 5.10 Å². The van der Waals surface area contributed by atoms with Gasteiger partial charge in [-0.1, -0.05) is 42.5 Å². The molecule has 3 aromatic heterocycles. The average molecular weight is 434 g/mol. The molecule has 0 unspecified atom stereocenters. The van der Waals surface area contributed by atoms with Crippen LogP contribution in [-0.2, 0) is 6.61 Å². The van der Waals surface area contributed by atoms with Crippen molar-refractivity contribution in [2.45, 2.75) is 20.0 Å². The van der Waals surface area contributed by atoms with E-state index in [2.05, 4.69) is 32.0 Å². The van der Waals surface area contributed by atoms with Crippen LogP contribution in [0.25, 0.3) is 22.5 Å². The number of aliphatic hydroxyl groups is 1. The molecule has 33 heavy (non-hydrogen) atoms. The van der Waals surface area contributed by atoms with Crippen molar-refractivity contribution in [2.75, 3.05) is 0 Å². The van der Waals surface area contributed by atoms with Crippen molar-refractivity contribution in [2.24, 2.45) is 0 Å². The van der Waals surface area contributed by atoms with Gasteiger partial charge in [0, 0.05) is 34.2 Å². The lowest BCUT2D eigenvalue weighted by molar-refractivity contribution is 0.276. The van der Waals surface area contributed by atoms with E-state index in [0.29, 0.717) is 11.6 Å². The Balaban J connectivity index is 1.60. The molecule has 0 amide bonds. The third-order valence-electron chi connectivity index (χ3n) is 5.37. The van der Waals surface area contributed by atoms with Gasteiger partial charge in [-0.3, -0.25) is 10.1 Å². The summed E-state index contributed by atoms with van der Waals surface area (Å²) in [5.74, 6) is 0.469. The van der Waals surface area contributed by atoms with Gasteiger partial charge in [0.15, 0.2) is 0 Å². The molecule has 162 valence electrons. The maximum Gasteiger partial charge on any atom is 0.226 e. The first-order valence-corrected chi connectivity index (χ1v) is 10.7. The van der Waals surface area contributed by atoms with E-state index in [1.54, 1.807) is 0 Å². The summed E-state index contributed by atoms with van der Waals surface area (Å²) in [5.41, 5.74) is 11.1. The number of aromatic amines is 1. The summed E-state index contributed by atoms with van der Waals surface area (Å²) in [7, 11) is 0. The van der Waals surface area contributed by atoms with E-state index in [4.69, 9.17) is 4.42 Å². The number of fused-ring (bicyclic) bond motifs is 1. The lowest BCUT2D eigenvalue weighted by atomic mass is 9.93. The number of rotatable bonds is 4. The lowest BCUT2D eigenvalue weighted by Gasteiger charge is -2.11. The van der Waals surface area contributed by atoms with Crippen LogP contribution in [0.4, 0.5) is 0 Å². The van der Waals surface area contributed by atoms with Crippen LogP contribution in [0, 0.1) is 6.92 Å². The molecule has 0 aromatic carbocycles. The fourth-order valence-electron chi connectivity index (χ4n) is 3.78. The van der Waals surface area contributed by atoms with E-state index in [1.807, 2.05) is 73.9 Å². The summed E-state index contributed by atoms with van der Waals surface area (Å²) in [6.45, 7) is 1.81. The highest BCUT2D eigenvalue weighted by Gasteiger charge is 2.17. The van der Waals surface area contributed by atoms with Crippen LogP contribution in [0.2, 0.25) is 0 Å². The van der Waals surface area contributed by atoms with Crippen LogP contribution < -0.4 is 0 Å². The molecule has 2 aliphatic rings. The number of allylic oxidation sites excluding steroid dienone is 11. The molecule has 0 saturated carbocycles. The summed E-state index contributed by atoms with van der Waals surface area (Å²) in [4.78, 5) is 9.04. The van der Waals surface area contributed by atoms with Gasteiger partial charge >= 0.3 is 0 Å². The molecule has 2 N–H and O–H groups in total. The third-order valence-corrected chi connectivity index (χ3v) is 5.37. The lowest BCUT2D eigenvalue weighted by Crippen LogP contribution is -1.95. The van der Waals surface area contributed by atoms with Gasteiger partial charge in [0.05, 0.1) is 12.3 Å². The number of H-pyrrole nitrogens is 1. The highest BCUT2D eigenvalue weighted by atomic mass is 16.3. The topological polar surface area (TPSA) is 87.8 Å². The fraction of sp³-hybridized carbons (Fsp3) is 0.111. The first-order chi connectivity index (χ1) is 16.2. The first-order valence-electron chi connectivity index (χ1n) is 10.7. The largest absolute Gasteiger partial charge is 0.444 e. The fourth-order valence-corrected chi connectivity index (χ4v) is 3.78. The predicted octanol–water partition coefficient (Wildman–Crippen LogP) is 5.27. The molecule has 0 atom stereocenters. The van der Waals surface area contributed by atoms with Crippen molar-refractivity contribution in [1.82, 2.24) is 20.2 Å². The minimum absolute atomic E-state index is 0.164. The van der Waals surface area contributed by atoms with E-state index < -0.39 is 0 Å². The number of pyridine rings is 1. The Morgan fingerprint density at radius 1 is 1.12 bits per heavy atom. The van der Waals surface area contributed by atoms with Gasteiger partial charge in [-0.25, -0.2) is 4.98 Å². The molecular formula is C27H22N4O2. The smallest absolute Gasteiger partial charge is 0.226 e. The van der Waals surface area contributed by atoms with Crippen LogP contribution in [0.5, 0.6) is 0 Å². The Labute approximate surface area is 191 Å². The Bertz CT molecular complexity index is 1420. The average Bonchev–Trinajstić information content (AvgIpc) is 3.47. The number of hydrogen-bond acceptors (Lipinski definition) is 5. The van der Waals surface area contributed by atoms with Gasteiger partial charge in [-0.15, -0.1) is 5.73 Å². The van der Waals surface area contributed by atoms with Crippen molar-refractivity contribution >= 4 is 11.1 Å². The third kappa shape index (κ3) is 4.26. The summed E-state index contributed by atoms with van der Waals surface area (Å²) in [6, 6.07) is 5.92. The maximum atomic E-state index is 9.38. The number of hydrogen-bond donors (Lipinski definition) is 2. The standard InChI is InChI=1S/C27H22N4O2/c1-18-7-5-12-25(29-18)26-24(15-28-31-26)20-9-6-11-22-19(13-14-20)8-3-2-4-10-23(22)27-30-21(16-32)17-33-27/h3-7,9-15,17,32H,2,16H2,1H3,(H,28,31)/b10-4-,11-6+,14-13-,20-9-,23-22+. The van der Waals surface area contributed by atoms with E-state index in [0.717, 1.165) is 51.4 Å². The van der Waals surface area contributed by atoms with Gasteiger partial charge < -0.3 is 9.52 Å². The Morgan fingerprint density at radius 2 is 2.06 bits per heavy atom. The van der Waals surface area contributed by atoms with E-state index in [1.165, 1.54) is 6.26 Å². The normalized spacial score (nSPS) is 22.1. The van der Waals surface area contributed by atoms with Crippen molar-refractivity contribution in [3.8, 4) is 11.4 Å². The number of nitrogens with zero attached hydrogens (tertiary/aromatic N) is 3. The molecule has 6 nitrogen and oxygen atoms in total. The Kier molecular flexibility index (Phi) is 5.68. The molecule has 3 heterocycles. The molecule has 0 radical (unpaired) electrons. The first kappa shape index (κ1) is 20.6. The van der Waals surface area contributed by atoms with Crippen molar-refractivity contribution < 1.29 is 9.52 Å². The molecule has 5 rings (SSSR count). The van der Waals surface area contributed by atoms with Crippen LogP contribution in [0.1, 0.15) is 29.3 Å². The van der Waals surface area contributed by atoms with Gasteiger partial charge in [-0.05, 0) is 43.2 Å². The van der Waals surface area contributed by atoms with Crippen molar-refractivity contribution in [3.63, 3.8) is 0 Å². The van der Waals surface area contributed by atoms with Gasteiger partial charge in [0.25, 0.3) is 0 Å². The zero-order chi connectivity index (χ0) is 22.6. The van der Waals surface area contributed by atoms with Crippen molar-refractivity contribution in [1.29, 1.82) is 0 Å². The number of nitrogens with one attached hydrogen (secondary N) is 1. The second kappa shape index (κ2) is 9.09. The van der Waals surface area contributed by atoms with E-state index >= 15 is 0 Å². The maximum absolute atomic E-state index is 9.38. The van der Waals surface area contributed by atoms with E-state index in [-0.39, 0.29) is 6.61 Å². The van der Waals surface area contributed by atoms with Gasteiger partial charge in [0.2, 0.25) is 5.89 Å². The number of aromatic nitrogens is 4. The second-order valence-electron chi connectivity index (χ2n) is 7.66. The predicted molar refractivity (Wildman–Crippen MR) is 128 cm³/mol. The molecular weight excluding hydrogens is 412 g/mol. The molecule has 0 fully saturated rings. The minimum Gasteiger partial charge on any atom is -0.444 e. The zero-order valence-corrected chi connectivity index (χ0v) is 18.1. The molecule has 0 bridgehead atoms. The molecule has 3 aromatic rings. The quantitative estimate of drug-likeness (QED) is 0.547. The Hall–Kier alpha value is -4.25. The van der Waals surface area contributed by atoms with Crippen LogP contribution in [-0.4, -0.2) is 25.3 Å². The highest BCUT2D eigenvalue weighted by molar-refractivity contribution is 5.86. The molecule has 2 aliphatic carbocycles. The SMILES string of the molecule is Cc1cccc(-c2n[nH]cc2C2=C\C=C\C3=C(c4nc(CO)co4)\C=C/CC=C=C3/C=C\2)n1. The van der Waals surface area contributed by atoms with E-state index in [9.17, 15) is 5.11 Å². The molecule has 0 spiro atoms. The monoisotopic (exact) mass is 434 g/mol. The summed E-state index contributed by atoms with van der Waals surface area (Å²) < 4.78 is 5.64. The number of oxazole rings is 1. The van der Waals surface area contributed by atoms with Gasteiger partial charge in [0.1, 0.15) is 17.7 Å². The Morgan fingerprint density at radius 3 is 2.91 bits per heavy atom.